The molecule has 5 heteroatoms. The molecule has 1 unspecified atom stereocenters. The molecule has 0 saturated heterocycles. The van der Waals surface area contributed by atoms with Crippen molar-refractivity contribution < 1.29 is 4.79 Å². The Bertz CT molecular complexity index is 392. The topological polar surface area (TPSA) is 68.0 Å². The summed E-state index contributed by atoms with van der Waals surface area (Å²) in [6.07, 6.45) is 1.59. The van der Waals surface area contributed by atoms with Crippen LogP contribution in [0.2, 0.25) is 0 Å². The monoisotopic (exact) mass is 223 g/mol. The van der Waals surface area contributed by atoms with Gasteiger partial charge in [-0.15, -0.1) is 0 Å². The molecule has 0 aliphatic rings. The number of nitrogens with one attached hydrogen (secondary N) is 1. The lowest BCUT2D eigenvalue weighted by Gasteiger charge is -2.11. The Morgan fingerprint density at radius 3 is 2.87 bits per heavy atom. The van der Waals surface area contributed by atoms with Gasteiger partial charge in [0.25, 0.3) is 5.91 Å². The fourth-order valence-electron chi connectivity index (χ4n) is 1.04. The summed E-state index contributed by atoms with van der Waals surface area (Å²) in [6, 6.07) is 3.05. The van der Waals surface area contributed by atoms with E-state index in [1.54, 1.807) is 25.3 Å². The number of aromatic nitrogens is 1. The predicted molar refractivity (Wildman–Crippen MR) is 62.7 cm³/mol. The lowest BCUT2D eigenvalue weighted by molar-refractivity contribution is 0.0949. The number of pyridine rings is 1. The zero-order valence-electron chi connectivity index (χ0n) is 8.65. The van der Waals surface area contributed by atoms with E-state index in [-0.39, 0.29) is 16.9 Å². The van der Waals surface area contributed by atoms with E-state index in [1.165, 1.54) is 0 Å². The molecule has 1 aromatic heterocycles. The van der Waals surface area contributed by atoms with Crippen LogP contribution in [0.15, 0.2) is 18.3 Å². The molecule has 0 spiro atoms. The van der Waals surface area contributed by atoms with Gasteiger partial charge < -0.3 is 11.1 Å². The molecule has 15 heavy (non-hydrogen) atoms. The second kappa shape index (κ2) is 4.84. The van der Waals surface area contributed by atoms with Crippen molar-refractivity contribution in [3.05, 3.63) is 29.6 Å². The smallest absolute Gasteiger partial charge is 0.251 e. The highest BCUT2D eigenvalue weighted by Crippen LogP contribution is 2.01. The Balaban J connectivity index is 2.73. The van der Waals surface area contributed by atoms with Crippen molar-refractivity contribution in [2.24, 2.45) is 5.73 Å². The number of carbonyl (C=O) groups is 1. The summed E-state index contributed by atoms with van der Waals surface area (Å²) in [6.45, 7) is 3.57. The van der Waals surface area contributed by atoms with Crippen LogP contribution < -0.4 is 11.1 Å². The van der Waals surface area contributed by atoms with Crippen molar-refractivity contribution in [2.75, 3.05) is 0 Å². The fourth-order valence-corrected chi connectivity index (χ4v) is 1.10. The van der Waals surface area contributed by atoms with E-state index >= 15 is 0 Å². The maximum absolute atomic E-state index is 11.7. The van der Waals surface area contributed by atoms with Crippen molar-refractivity contribution >= 4 is 23.1 Å². The lowest BCUT2D eigenvalue weighted by Crippen LogP contribution is -2.41. The van der Waals surface area contributed by atoms with E-state index in [1.807, 2.05) is 6.92 Å². The average molecular weight is 223 g/mol. The van der Waals surface area contributed by atoms with Crippen molar-refractivity contribution in [1.29, 1.82) is 0 Å². The Hall–Kier alpha value is -1.49. The van der Waals surface area contributed by atoms with Gasteiger partial charge in [-0.3, -0.25) is 9.78 Å². The SMILES string of the molecule is Cc1cc(C(=O)NC(C)C(N)=S)ccn1. The number of aryl methyl sites for hydroxylation is 1. The second-order valence-electron chi connectivity index (χ2n) is 3.28. The van der Waals surface area contributed by atoms with Gasteiger partial charge in [-0.25, -0.2) is 0 Å². The van der Waals surface area contributed by atoms with Crippen LogP contribution in [0.1, 0.15) is 23.0 Å². The van der Waals surface area contributed by atoms with Gasteiger partial charge in [-0.05, 0) is 26.0 Å². The zero-order chi connectivity index (χ0) is 11.4. The summed E-state index contributed by atoms with van der Waals surface area (Å²) >= 11 is 4.76. The lowest BCUT2D eigenvalue weighted by atomic mass is 10.2. The standard InChI is InChI=1S/C10H13N3OS/c1-6-5-8(3-4-12-6)10(14)13-7(2)9(11)15/h3-5,7H,1-2H3,(H2,11,15)(H,13,14). The second-order valence-corrected chi connectivity index (χ2v) is 3.75. The summed E-state index contributed by atoms with van der Waals surface area (Å²) in [4.78, 5) is 15.9. The van der Waals surface area contributed by atoms with Gasteiger partial charge in [0, 0.05) is 17.5 Å². The molecule has 1 aromatic rings. The number of nitrogens with two attached hydrogens (primary N) is 1. The normalized spacial score (nSPS) is 11.9. The molecule has 4 nitrogen and oxygen atoms in total. The Kier molecular flexibility index (Phi) is 3.74. The highest BCUT2D eigenvalue weighted by Gasteiger charge is 2.11. The van der Waals surface area contributed by atoms with Crippen molar-refractivity contribution in [1.82, 2.24) is 10.3 Å². The van der Waals surface area contributed by atoms with Crippen LogP contribution in [0.4, 0.5) is 0 Å². The van der Waals surface area contributed by atoms with Gasteiger partial charge in [0.2, 0.25) is 0 Å². The molecule has 0 radical (unpaired) electrons. The highest BCUT2D eigenvalue weighted by atomic mass is 32.1. The fraction of sp³-hybridized carbons (Fsp3) is 0.300. The van der Waals surface area contributed by atoms with Gasteiger partial charge in [0.05, 0.1) is 11.0 Å². The zero-order valence-corrected chi connectivity index (χ0v) is 9.47. The van der Waals surface area contributed by atoms with Gasteiger partial charge in [-0.1, -0.05) is 12.2 Å². The van der Waals surface area contributed by atoms with Gasteiger partial charge in [0.15, 0.2) is 0 Å². The Morgan fingerprint density at radius 2 is 2.33 bits per heavy atom. The highest BCUT2D eigenvalue weighted by molar-refractivity contribution is 7.80. The van der Waals surface area contributed by atoms with Gasteiger partial charge >= 0.3 is 0 Å². The van der Waals surface area contributed by atoms with Crippen LogP contribution in [0.5, 0.6) is 0 Å². The summed E-state index contributed by atoms with van der Waals surface area (Å²) in [5, 5.41) is 2.69. The molecule has 0 aliphatic heterocycles. The average Bonchev–Trinajstić information content (AvgIpc) is 2.17. The minimum absolute atomic E-state index is 0.194. The molecule has 0 aromatic carbocycles. The third-order valence-electron chi connectivity index (χ3n) is 1.93. The number of amides is 1. The van der Waals surface area contributed by atoms with Crippen molar-refractivity contribution in [3.8, 4) is 0 Å². The van der Waals surface area contributed by atoms with Crippen LogP contribution >= 0.6 is 12.2 Å². The molecule has 0 bridgehead atoms. The molecule has 0 aliphatic carbocycles. The summed E-state index contributed by atoms with van der Waals surface area (Å²) in [5.74, 6) is -0.194. The van der Waals surface area contributed by atoms with Crippen LogP contribution in [0.3, 0.4) is 0 Å². The first-order valence-corrected chi connectivity index (χ1v) is 4.94. The van der Waals surface area contributed by atoms with Crippen molar-refractivity contribution in [2.45, 2.75) is 19.9 Å². The minimum atomic E-state index is -0.305. The number of hydrogen-bond donors (Lipinski definition) is 2. The largest absolute Gasteiger partial charge is 0.392 e. The molecule has 0 saturated carbocycles. The van der Waals surface area contributed by atoms with Crippen LogP contribution in [-0.4, -0.2) is 21.9 Å². The molecule has 1 atom stereocenters. The number of carbonyl (C=O) groups excluding carboxylic acids is 1. The molecular formula is C10H13N3OS. The quantitative estimate of drug-likeness (QED) is 0.744. The molecule has 1 amide bonds. The van der Waals surface area contributed by atoms with Crippen LogP contribution in [-0.2, 0) is 0 Å². The first-order chi connectivity index (χ1) is 7.00. The van der Waals surface area contributed by atoms with E-state index in [2.05, 4.69) is 10.3 Å². The maximum atomic E-state index is 11.7. The Morgan fingerprint density at radius 1 is 1.67 bits per heavy atom. The molecule has 0 fully saturated rings. The number of rotatable bonds is 3. The number of nitrogens with zero attached hydrogens (tertiary/aromatic N) is 1. The van der Waals surface area contributed by atoms with E-state index in [0.29, 0.717) is 5.56 Å². The van der Waals surface area contributed by atoms with Gasteiger partial charge in [-0.2, -0.15) is 0 Å². The van der Waals surface area contributed by atoms with Crippen LogP contribution in [0.25, 0.3) is 0 Å². The molecule has 1 heterocycles. The van der Waals surface area contributed by atoms with Crippen molar-refractivity contribution in [3.63, 3.8) is 0 Å². The van der Waals surface area contributed by atoms with E-state index in [9.17, 15) is 4.79 Å². The summed E-state index contributed by atoms with van der Waals surface area (Å²) < 4.78 is 0. The molecule has 1 rings (SSSR count). The number of hydrogen-bond acceptors (Lipinski definition) is 3. The summed E-state index contributed by atoms with van der Waals surface area (Å²) in [5.41, 5.74) is 6.75. The number of thiocarbonyl (C=S) groups is 1. The minimum Gasteiger partial charge on any atom is -0.392 e. The first kappa shape index (κ1) is 11.6. The maximum Gasteiger partial charge on any atom is 0.251 e. The predicted octanol–water partition coefficient (Wildman–Crippen LogP) is 0.794. The molecular weight excluding hydrogens is 210 g/mol. The summed E-state index contributed by atoms with van der Waals surface area (Å²) in [7, 11) is 0. The Labute approximate surface area is 93.9 Å². The molecule has 3 N–H and O–H groups in total. The van der Waals surface area contributed by atoms with Gasteiger partial charge in [0.1, 0.15) is 0 Å². The van der Waals surface area contributed by atoms with E-state index in [0.717, 1.165) is 5.69 Å². The van der Waals surface area contributed by atoms with E-state index < -0.39 is 0 Å². The van der Waals surface area contributed by atoms with E-state index in [4.69, 9.17) is 18.0 Å². The molecule has 80 valence electrons. The van der Waals surface area contributed by atoms with Crippen LogP contribution in [0, 0.1) is 6.92 Å². The third kappa shape index (κ3) is 3.28. The third-order valence-corrected chi connectivity index (χ3v) is 2.29. The first-order valence-electron chi connectivity index (χ1n) is 4.53.